The van der Waals surface area contributed by atoms with Crippen LogP contribution in [0.25, 0.3) is 0 Å². The number of likely N-dealkylation sites (tertiary alicyclic amines) is 2. The van der Waals surface area contributed by atoms with Crippen molar-refractivity contribution in [1.82, 2.24) is 14.7 Å². The van der Waals surface area contributed by atoms with Gasteiger partial charge >= 0.3 is 6.03 Å². The summed E-state index contributed by atoms with van der Waals surface area (Å²) >= 11 is 0. The van der Waals surface area contributed by atoms with Crippen molar-refractivity contribution >= 4 is 23.5 Å². The smallest absolute Gasteiger partial charge is 0.322 e. The van der Waals surface area contributed by atoms with Gasteiger partial charge in [0.1, 0.15) is 6.04 Å². The number of para-hydroxylation sites is 1. The van der Waals surface area contributed by atoms with Crippen LogP contribution in [0.2, 0.25) is 0 Å². The summed E-state index contributed by atoms with van der Waals surface area (Å²) in [5, 5.41) is 2.90. The molecule has 150 valence electrons. The highest BCUT2D eigenvalue weighted by atomic mass is 16.2. The summed E-state index contributed by atoms with van der Waals surface area (Å²) in [7, 11) is 0. The Morgan fingerprint density at radius 3 is 2.68 bits per heavy atom. The first-order valence-corrected chi connectivity index (χ1v) is 10.4. The molecule has 0 saturated carbocycles. The van der Waals surface area contributed by atoms with Crippen LogP contribution in [0, 0.1) is 0 Å². The maximum absolute atomic E-state index is 12.7. The van der Waals surface area contributed by atoms with E-state index in [-0.39, 0.29) is 23.9 Å². The number of hydrogen-bond donors (Lipinski definition) is 1. The Kier molecular flexibility index (Phi) is 5.50. The van der Waals surface area contributed by atoms with Gasteiger partial charge < -0.3 is 20.0 Å². The minimum atomic E-state index is -0.282. The third-order valence-electron chi connectivity index (χ3n) is 6.00. The molecular weight excluding hydrogens is 356 g/mol. The number of nitrogens with one attached hydrogen (secondary N) is 1. The van der Waals surface area contributed by atoms with E-state index in [4.69, 9.17) is 0 Å². The van der Waals surface area contributed by atoms with E-state index in [1.807, 2.05) is 29.2 Å². The molecule has 2 saturated heterocycles. The Bertz CT molecular complexity index is 760. The van der Waals surface area contributed by atoms with Gasteiger partial charge in [0.2, 0.25) is 11.8 Å². The topological polar surface area (TPSA) is 73.0 Å². The van der Waals surface area contributed by atoms with Crippen LogP contribution in [0.15, 0.2) is 24.3 Å². The van der Waals surface area contributed by atoms with E-state index in [2.05, 4.69) is 5.32 Å². The SMILES string of the molecule is O=C1Nc2ccccc2CN1CCCC(=O)N1CCC[C@H]1C(=O)N1CCCC1. The average molecular weight is 384 g/mol. The lowest BCUT2D eigenvalue weighted by Gasteiger charge is -2.30. The van der Waals surface area contributed by atoms with Crippen molar-refractivity contribution in [3.8, 4) is 0 Å². The van der Waals surface area contributed by atoms with Crippen molar-refractivity contribution in [2.75, 3.05) is 31.5 Å². The largest absolute Gasteiger partial charge is 0.341 e. The Labute approximate surface area is 165 Å². The number of benzene rings is 1. The van der Waals surface area contributed by atoms with E-state index in [1.54, 1.807) is 9.80 Å². The van der Waals surface area contributed by atoms with E-state index in [0.717, 1.165) is 50.0 Å². The van der Waals surface area contributed by atoms with Crippen molar-refractivity contribution in [1.29, 1.82) is 0 Å². The van der Waals surface area contributed by atoms with Crippen molar-refractivity contribution in [3.63, 3.8) is 0 Å². The standard InChI is InChI=1S/C21H28N4O3/c26-19(25-14-5-9-18(25)20(27)23-11-3-4-12-23)10-6-13-24-15-16-7-1-2-8-17(16)22-21(24)28/h1-2,7-8,18H,3-6,9-15H2,(H,22,28)/t18-/m0/s1. The minimum Gasteiger partial charge on any atom is -0.341 e. The fraction of sp³-hybridized carbons (Fsp3) is 0.571. The van der Waals surface area contributed by atoms with Crippen molar-refractivity contribution in [2.24, 2.45) is 0 Å². The van der Waals surface area contributed by atoms with Gasteiger partial charge in [-0.15, -0.1) is 0 Å². The molecule has 0 aliphatic carbocycles. The number of urea groups is 1. The van der Waals surface area contributed by atoms with E-state index < -0.39 is 0 Å². The number of fused-ring (bicyclic) bond motifs is 1. The van der Waals surface area contributed by atoms with Crippen LogP contribution >= 0.6 is 0 Å². The molecule has 1 atom stereocenters. The molecule has 1 aromatic carbocycles. The second-order valence-electron chi connectivity index (χ2n) is 7.89. The van der Waals surface area contributed by atoms with Gasteiger partial charge in [0.25, 0.3) is 0 Å². The molecule has 7 nitrogen and oxygen atoms in total. The number of nitrogens with zero attached hydrogens (tertiary/aromatic N) is 3. The van der Waals surface area contributed by atoms with Crippen LogP contribution in [0.1, 0.15) is 44.1 Å². The highest BCUT2D eigenvalue weighted by Crippen LogP contribution is 2.24. The van der Waals surface area contributed by atoms with Crippen molar-refractivity contribution in [3.05, 3.63) is 29.8 Å². The quantitative estimate of drug-likeness (QED) is 0.847. The number of hydrogen-bond acceptors (Lipinski definition) is 3. The molecule has 0 unspecified atom stereocenters. The lowest BCUT2D eigenvalue weighted by Crippen LogP contribution is -2.47. The zero-order chi connectivity index (χ0) is 19.5. The van der Waals surface area contributed by atoms with E-state index >= 15 is 0 Å². The first-order valence-electron chi connectivity index (χ1n) is 10.4. The molecule has 4 amide bonds. The Balaban J connectivity index is 1.28. The van der Waals surface area contributed by atoms with Gasteiger partial charge in [0, 0.05) is 44.8 Å². The Hall–Kier alpha value is -2.57. The molecule has 0 spiro atoms. The van der Waals surface area contributed by atoms with Gasteiger partial charge in [-0.2, -0.15) is 0 Å². The van der Waals surface area contributed by atoms with Crippen LogP contribution in [0.3, 0.4) is 0 Å². The molecule has 3 aliphatic rings. The molecule has 1 N–H and O–H groups in total. The maximum Gasteiger partial charge on any atom is 0.322 e. The third kappa shape index (κ3) is 3.84. The van der Waals surface area contributed by atoms with Crippen LogP contribution < -0.4 is 5.32 Å². The molecule has 0 radical (unpaired) electrons. The molecule has 0 bridgehead atoms. The van der Waals surface area contributed by atoms with E-state index in [9.17, 15) is 14.4 Å². The second-order valence-corrected chi connectivity index (χ2v) is 7.89. The number of amides is 4. The molecule has 4 rings (SSSR count). The van der Waals surface area contributed by atoms with Crippen molar-refractivity contribution < 1.29 is 14.4 Å². The Morgan fingerprint density at radius 1 is 1.07 bits per heavy atom. The first kappa shape index (κ1) is 18.8. The van der Waals surface area contributed by atoms with E-state index in [0.29, 0.717) is 32.5 Å². The van der Waals surface area contributed by atoms with Gasteiger partial charge in [0.15, 0.2) is 0 Å². The van der Waals surface area contributed by atoms with Crippen LogP contribution in [0.5, 0.6) is 0 Å². The monoisotopic (exact) mass is 384 g/mol. The number of carbonyl (C=O) groups is 3. The number of rotatable bonds is 5. The highest BCUT2D eigenvalue weighted by Gasteiger charge is 2.36. The molecule has 7 heteroatoms. The lowest BCUT2D eigenvalue weighted by atomic mass is 10.1. The molecule has 0 aromatic heterocycles. The van der Waals surface area contributed by atoms with Gasteiger partial charge in [-0.25, -0.2) is 4.79 Å². The average Bonchev–Trinajstić information content (AvgIpc) is 3.40. The zero-order valence-corrected chi connectivity index (χ0v) is 16.2. The number of carbonyl (C=O) groups excluding carboxylic acids is 3. The predicted molar refractivity (Wildman–Crippen MR) is 106 cm³/mol. The number of anilines is 1. The highest BCUT2D eigenvalue weighted by molar-refractivity contribution is 5.92. The fourth-order valence-electron chi connectivity index (χ4n) is 4.47. The Morgan fingerprint density at radius 2 is 1.86 bits per heavy atom. The van der Waals surface area contributed by atoms with Crippen LogP contribution in [0.4, 0.5) is 10.5 Å². The minimum absolute atomic E-state index is 0.0351. The molecule has 28 heavy (non-hydrogen) atoms. The fourth-order valence-corrected chi connectivity index (χ4v) is 4.47. The summed E-state index contributed by atoms with van der Waals surface area (Å²) in [6.07, 6.45) is 4.76. The molecule has 2 fully saturated rings. The predicted octanol–water partition coefficient (Wildman–Crippen LogP) is 2.43. The van der Waals surface area contributed by atoms with Gasteiger partial charge in [-0.1, -0.05) is 18.2 Å². The molecule has 3 heterocycles. The maximum atomic E-state index is 12.7. The normalized spacial score (nSPS) is 21.6. The second kappa shape index (κ2) is 8.20. The summed E-state index contributed by atoms with van der Waals surface area (Å²) in [5.41, 5.74) is 1.95. The summed E-state index contributed by atoms with van der Waals surface area (Å²) in [6, 6.07) is 7.38. The molecular formula is C21H28N4O3. The van der Waals surface area contributed by atoms with E-state index in [1.165, 1.54) is 0 Å². The zero-order valence-electron chi connectivity index (χ0n) is 16.2. The first-order chi connectivity index (χ1) is 13.6. The summed E-state index contributed by atoms with van der Waals surface area (Å²) in [5.74, 6) is 0.156. The molecule has 3 aliphatic heterocycles. The lowest BCUT2D eigenvalue weighted by molar-refractivity contribution is -0.143. The summed E-state index contributed by atoms with van der Waals surface area (Å²) < 4.78 is 0. The van der Waals surface area contributed by atoms with Gasteiger partial charge in [-0.05, 0) is 43.7 Å². The van der Waals surface area contributed by atoms with Crippen molar-refractivity contribution in [2.45, 2.75) is 51.1 Å². The van der Waals surface area contributed by atoms with Crippen LogP contribution in [-0.2, 0) is 16.1 Å². The van der Waals surface area contributed by atoms with Crippen LogP contribution in [-0.4, -0.2) is 64.8 Å². The summed E-state index contributed by atoms with van der Waals surface area (Å²) in [4.78, 5) is 43.1. The third-order valence-corrected chi connectivity index (χ3v) is 6.00. The molecule has 1 aromatic rings. The van der Waals surface area contributed by atoms with Gasteiger partial charge in [0.05, 0.1) is 0 Å². The van der Waals surface area contributed by atoms with Gasteiger partial charge in [-0.3, -0.25) is 9.59 Å². The summed E-state index contributed by atoms with van der Waals surface area (Å²) in [6.45, 7) is 3.41.